The lowest BCUT2D eigenvalue weighted by Gasteiger charge is -2.20. The summed E-state index contributed by atoms with van der Waals surface area (Å²) in [5.41, 5.74) is 14.1. The highest BCUT2D eigenvalue weighted by Gasteiger charge is 2.16. The molecule has 0 aliphatic heterocycles. The molecule has 0 spiro atoms. The molecule has 4 N–H and O–H groups in total. The van der Waals surface area contributed by atoms with E-state index in [1.807, 2.05) is 42.5 Å². The van der Waals surface area contributed by atoms with Gasteiger partial charge >= 0.3 is 0 Å². The summed E-state index contributed by atoms with van der Waals surface area (Å²) in [4.78, 5) is 4.39. The number of allylic oxidation sites excluding steroid dienone is 3. The van der Waals surface area contributed by atoms with Crippen LogP contribution in [0.25, 0.3) is 0 Å². The summed E-state index contributed by atoms with van der Waals surface area (Å²) in [5, 5.41) is 0. The van der Waals surface area contributed by atoms with Crippen molar-refractivity contribution in [1.82, 2.24) is 0 Å². The Labute approximate surface area is 108 Å². The SMILES string of the molecule is CC1CC=CC=C1C(N)N=C(N)c1ccccc1. The van der Waals surface area contributed by atoms with E-state index < -0.39 is 0 Å². The molecule has 0 amide bonds. The Kier molecular flexibility index (Phi) is 3.95. The molecule has 1 aliphatic rings. The van der Waals surface area contributed by atoms with Crippen molar-refractivity contribution in [3.63, 3.8) is 0 Å². The molecule has 2 unspecified atom stereocenters. The van der Waals surface area contributed by atoms with Gasteiger partial charge in [-0.25, -0.2) is 4.99 Å². The van der Waals surface area contributed by atoms with E-state index in [0.29, 0.717) is 11.8 Å². The van der Waals surface area contributed by atoms with Crippen LogP contribution in [-0.2, 0) is 0 Å². The van der Waals surface area contributed by atoms with Crippen LogP contribution in [0.1, 0.15) is 18.9 Å². The van der Waals surface area contributed by atoms with Gasteiger partial charge in [0.1, 0.15) is 12.0 Å². The van der Waals surface area contributed by atoms with Gasteiger partial charge < -0.3 is 11.5 Å². The van der Waals surface area contributed by atoms with Gasteiger partial charge in [-0.2, -0.15) is 0 Å². The van der Waals surface area contributed by atoms with Gasteiger partial charge in [-0.3, -0.25) is 0 Å². The van der Waals surface area contributed by atoms with Crippen molar-refractivity contribution in [3.05, 3.63) is 59.7 Å². The zero-order valence-corrected chi connectivity index (χ0v) is 10.6. The Bertz CT molecular complexity index is 486. The fraction of sp³-hybridized carbons (Fsp3) is 0.267. The number of nitrogens with zero attached hydrogens (tertiary/aromatic N) is 1. The molecule has 1 aromatic rings. The molecule has 2 rings (SSSR count). The van der Waals surface area contributed by atoms with Gasteiger partial charge in [-0.05, 0) is 17.9 Å². The van der Waals surface area contributed by atoms with E-state index in [9.17, 15) is 0 Å². The van der Waals surface area contributed by atoms with E-state index in [2.05, 4.69) is 18.0 Å². The van der Waals surface area contributed by atoms with Gasteiger partial charge in [0.25, 0.3) is 0 Å². The zero-order valence-electron chi connectivity index (χ0n) is 10.6. The number of nitrogens with two attached hydrogens (primary N) is 2. The van der Waals surface area contributed by atoms with Crippen LogP contribution in [0, 0.1) is 5.92 Å². The minimum Gasteiger partial charge on any atom is -0.383 e. The van der Waals surface area contributed by atoms with Gasteiger partial charge in [-0.15, -0.1) is 0 Å². The number of hydrogen-bond donors (Lipinski definition) is 2. The first-order chi connectivity index (χ1) is 8.68. The molecule has 18 heavy (non-hydrogen) atoms. The lowest BCUT2D eigenvalue weighted by Crippen LogP contribution is -2.28. The Balaban J connectivity index is 2.18. The van der Waals surface area contributed by atoms with Crippen LogP contribution >= 0.6 is 0 Å². The molecule has 2 atom stereocenters. The fourth-order valence-corrected chi connectivity index (χ4v) is 2.06. The molecule has 1 aliphatic carbocycles. The van der Waals surface area contributed by atoms with Crippen molar-refractivity contribution >= 4 is 5.84 Å². The number of benzene rings is 1. The third-order valence-electron chi connectivity index (χ3n) is 3.17. The average Bonchev–Trinajstić information content (AvgIpc) is 2.40. The number of rotatable bonds is 3. The second-order valence-electron chi connectivity index (χ2n) is 4.56. The summed E-state index contributed by atoms with van der Waals surface area (Å²) in [6.45, 7) is 2.16. The molecule has 0 saturated carbocycles. The van der Waals surface area contributed by atoms with E-state index in [1.165, 1.54) is 0 Å². The molecule has 94 valence electrons. The second kappa shape index (κ2) is 5.65. The summed E-state index contributed by atoms with van der Waals surface area (Å²) >= 11 is 0. The molecule has 0 heterocycles. The van der Waals surface area contributed by atoms with Gasteiger partial charge in [0.05, 0.1) is 0 Å². The Hall–Kier alpha value is -1.87. The quantitative estimate of drug-likeness (QED) is 0.629. The van der Waals surface area contributed by atoms with Crippen molar-refractivity contribution in [2.24, 2.45) is 22.4 Å². The van der Waals surface area contributed by atoms with Crippen LogP contribution in [0.5, 0.6) is 0 Å². The maximum atomic E-state index is 6.11. The van der Waals surface area contributed by atoms with E-state index in [4.69, 9.17) is 11.5 Å². The highest BCUT2D eigenvalue weighted by atomic mass is 15.0. The lowest BCUT2D eigenvalue weighted by molar-refractivity contribution is 0.611. The first-order valence-electron chi connectivity index (χ1n) is 6.19. The second-order valence-corrected chi connectivity index (χ2v) is 4.56. The third kappa shape index (κ3) is 2.87. The highest BCUT2D eigenvalue weighted by molar-refractivity contribution is 5.97. The summed E-state index contributed by atoms with van der Waals surface area (Å²) in [5.74, 6) is 0.920. The van der Waals surface area contributed by atoms with Crippen molar-refractivity contribution in [3.8, 4) is 0 Å². The van der Waals surface area contributed by atoms with E-state index >= 15 is 0 Å². The molecule has 3 nitrogen and oxygen atoms in total. The average molecular weight is 241 g/mol. The topological polar surface area (TPSA) is 64.4 Å². The molecule has 0 fully saturated rings. The minimum absolute atomic E-state index is 0.356. The number of amidine groups is 1. The Morgan fingerprint density at radius 3 is 2.72 bits per heavy atom. The van der Waals surface area contributed by atoms with Crippen LogP contribution in [0.3, 0.4) is 0 Å². The van der Waals surface area contributed by atoms with Crippen LogP contribution in [-0.4, -0.2) is 12.0 Å². The molecule has 1 aromatic carbocycles. The lowest BCUT2D eigenvalue weighted by atomic mass is 9.91. The van der Waals surface area contributed by atoms with Crippen molar-refractivity contribution in [2.75, 3.05) is 0 Å². The van der Waals surface area contributed by atoms with Crippen LogP contribution in [0.4, 0.5) is 0 Å². The molecule has 0 saturated heterocycles. The number of hydrogen-bond acceptors (Lipinski definition) is 2. The maximum Gasteiger partial charge on any atom is 0.127 e. The summed E-state index contributed by atoms with van der Waals surface area (Å²) in [6, 6.07) is 9.70. The third-order valence-corrected chi connectivity index (χ3v) is 3.17. The van der Waals surface area contributed by atoms with Gasteiger partial charge in [-0.1, -0.05) is 55.5 Å². The predicted octanol–water partition coefficient (Wildman–Crippen LogP) is 2.20. The molecule has 0 radical (unpaired) electrons. The van der Waals surface area contributed by atoms with Crippen molar-refractivity contribution in [2.45, 2.75) is 19.5 Å². The largest absolute Gasteiger partial charge is 0.383 e. The Morgan fingerprint density at radius 2 is 2.06 bits per heavy atom. The normalized spacial score (nSPS) is 21.6. The summed E-state index contributed by atoms with van der Waals surface area (Å²) in [6.07, 6.45) is 6.88. The summed E-state index contributed by atoms with van der Waals surface area (Å²) in [7, 11) is 0. The minimum atomic E-state index is -0.356. The van der Waals surface area contributed by atoms with Gasteiger partial charge in [0.2, 0.25) is 0 Å². The monoisotopic (exact) mass is 241 g/mol. The number of aliphatic imine (C=N–C) groups is 1. The van der Waals surface area contributed by atoms with Crippen LogP contribution < -0.4 is 11.5 Å². The smallest absolute Gasteiger partial charge is 0.127 e. The predicted molar refractivity (Wildman–Crippen MR) is 76.1 cm³/mol. The Morgan fingerprint density at radius 1 is 1.33 bits per heavy atom. The molecule has 3 heteroatoms. The molecule has 0 aromatic heterocycles. The van der Waals surface area contributed by atoms with Crippen molar-refractivity contribution in [1.29, 1.82) is 0 Å². The van der Waals surface area contributed by atoms with Crippen LogP contribution in [0.2, 0.25) is 0 Å². The summed E-state index contributed by atoms with van der Waals surface area (Å²) < 4.78 is 0. The van der Waals surface area contributed by atoms with E-state index in [1.54, 1.807) is 0 Å². The molecular weight excluding hydrogens is 222 g/mol. The first-order valence-corrected chi connectivity index (χ1v) is 6.19. The van der Waals surface area contributed by atoms with Crippen molar-refractivity contribution < 1.29 is 0 Å². The standard InChI is InChI=1S/C15H19N3/c1-11-7-5-6-10-13(11)15(17)18-14(16)12-8-3-2-4-9-12/h2-6,8-11,15H,7,17H2,1H3,(H2,16,18). The molecule has 0 bridgehead atoms. The maximum absolute atomic E-state index is 6.11. The molecular formula is C15H19N3. The highest BCUT2D eigenvalue weighted by Crippen LogP contribution is 2.22. The van der Waals surface area contributed by atoms with Gasteiger partial charge in [0, 0.05) is 5.56 Å². The first kappa shape index (κ1) is 12.6. The van der Waals surface area contributed by atoms with E-state index in [-0.39, 0.29) is 6.17 Å². The fourth-order valence-electron chi connectivity index (χ4n) is 2.06. The van der Waals surface area contributed by atoms with Gasteiger partial charge in [0.15, 0.2) is 0 Å². The van der Waals surface area contributed by atoms with Crippen LogP contribution in [0.15, 0.2) is 59.1 Å². The van der Waals surface area contributed by atoms with E-state index in [0.717, 1.165) is 17.6 Å². The zero-order chi connectivity index (χ0) is 13.0.